The zero-order valence-electron chi connectivity index (χ0n) is 10.4. The van der Waals surface area contributed by atoms with Crippen molar-refractivity contribution < 1.29 is 17.9 Å². The molecule has 0 radical (unpaired) electrons. The van der Waals surface area contributed by atoms with Gasteiger partial charge in [-0.15, -0.1) is 0 Å². The molecule has 0 saturated carbocycles. The molecule has 1 aromatic rings. The van der Waals surface area contributed by atoms with E-state index in [1.807, 2.05) is 6.92 Å². The Morgan fingerprint density at radius 2 is 2.05 bits per heavy atom. The van der Waals surface area contributed by atoms with Gasteiger partial charge in [-0.25, -0.2) is 13.2 Å². The minimum Gasteiger partial charge on any atom is -0.382 e. The Morgan fingerprint density at radius 3 is 2.74 bits per heavy atom. The van der Waals surface area contributed by atoms with Gasteiger partial charge >= 0.3 is 0 Å². The van der Waals surface area contributed by atoms with Gasteiger partial charge in [0, 0.05) is 31.9 Å². The Kier molecular flexibility index (Phi) is 6.58. The van der Waals surface area contributed by atoms with Crippen molar-refractivity contribution in [2.24, 2.45) is 0 Å². The van der Waals surface area contributed by atoms with E-state index >= 15 is 0 Å². The van der Waals surface area contributed by atoms with Crippen molar-refractivity contribution in [3.8, 4) is 0 Å². The summed E-state index contributed by atoms with van der Waals surface area (Å²) in [5, 5.41) is 5.29. The molecule has 1 rings (SSSR count). The van der Waals surface area contributed by atoms with Crippen LogP contribution in [0.4, 0.5) is 18.9 Å². The van der Waals surface area contributed by atoms with E-state index in [4.69, 9.17) is 17.0 Å². The highest BCUT2D eigenvalue weighted by molar-refractivity contribution is 7.80. The first-order valence-electron chi connectivity index (χ1n) is 5.81. The number of hydrogen-bond acceptors (Lipinski definition) is 2. The van der Waals surface area contributed by atoms with Crippen LogP contribution in [0, 0.1) is 17.5 Å². The zero-order chi connectivity index (χ0) is 14.3. The molecule has 0 aromatic heterocycles. The van der Waals surface area contributed by atoms with Crippen LogP contribution in [0.1, 0.15) is 13.3 Å². The average Bonchev–Trinajstić information content (AvgIpc) is 2.35. The summed E-state index contributed by atoms with van der Waals surface area (Å²) in [5.41, 5.74) is -0.334. The van der Waals surface area contributed by atoms with E-state index in [9.17, 15) is 13.2 Å². The molecule has 3 nitrogen and oxygen atoms in total. The SMILES string of the molecule is CCOCCCNC(=S)Nc1cc(F)cc(F)c1F. The van der Waals surface area contributed by atoms with Gasteiger partial charge in [0.05, 0.1) is 5.69 Å². The number of hydrogen-bond donors (Lipinski definition) is 2. The lowest BCUT2D eigenvalue weighted by Crippen LogP contribution is -2.30. The third kappa shape index (κ3) is 5.44. The first-order valence-corrected chi connectivity index (χ1v) is 6.22. The Balaban J connectivity index is 2.44. The second-order valence-corrected chi connectivity index (χ2v) is 4.09. The fraction of sp³-hybridized carbons (Fsp3) is 0.417. The maximum atomic E-state index is 13.3. The van der Waals surface area contributed by atoms with Crippen molar-refractivity contribution in [1.82, 2.24) is 5.32 Å². The number of rotatable bonds is 6. The van der Waals surface area contributed by atoms with Crippen molar-refractivity contribution in [1.29, 1.82) is 0 Å². The first-order chi connectivity index (χ1) is 9.04. The third-order valence-corrected chi connectivity index (χ3v) is 2.44. The second-order valence-electron chi connectivity index (χ2n) is 3.68. The Morgan fingerprint density at radius 1 is 1.32 bits per heavy atom. The van der Waals surface area contributed by atoms with Crippen LogP contribution in [-0.4, -0.2) is 24.9 Å². The lowest BCUT2D eigenvalue weighted by atomic mass is 10.3. The van der Waals surface area contributed by atoms with Crippen LogP contribution in [0.5, 0.6) is 0 Å². The molecular formula is C12H15F3N2OS. The maximum absolute atomic E-state index is 13.3. The van der Waals surface area contributed by atoms with Gasteiger partial charge < -0.3 is 15.4 Å². The fourth-order valence-corrected chi connectivity index (χ4v) is 1.55. The van der Waals surface area contributed by atoms with Gasteiger partial charge in [-0.2, -0.15) is 0 Å². The van der Waals surface area contributed by atoms with Gasteiger partial charge in [0.2, 0.25) is 0 Å². The van der Waals surface area contributed by atoms with Crippen molar-refractivity contribution in [3.05, 3.63) is 29.6 Å². The van der Waals surface area contributed by atoms with Gasteiger partial charge in [0.1, 0.15) is 5.82 Å². The van der Waals surface area contributed by atoms with Crippen LogP contribution in [0.3, 0.4) is 0 Å². The molecule has 2 N–H and O–H groups in total. The Hall–Kier alpha value is -1.34. The Bertz CT molecular complexity index is 443. The quantitative estimate of drug-likeness (QED) is 0.480. The van der Waals surface area contributed by atoms with Crippen LogP contribution < -0.4 is 10.6 Å². The maximum Gasteiger partial charge on any atom is 0.182 e. The van der Waals surface area contributed by atoms with E-state index in [0.717, 1.165) is 12.5 Å². The van der Waals surface area contributed by atoms with Crippen LogP contribution in [0.15, 0.2) is 12.1 Å². The van der Waals surface area contributed by atoms with Crippen molar-refractivity contribution in [2.75, 3.05) is 25.1 Å². The largest absolute Gasteiger partial charge is 0.382 e. The molecule has 0 bridgehead atoms. The molecule has 19 heavy (non-hydrogen) atoms. The molecule has 0 saturated heterocycles. The predicted molar refractivity (Wildman–Crippen MR) is 71.6 cm³/mol. The molecule has 0 fully saturated rings. The van der Waals surface area contributed by atoms with Gasteiger partial charge in [-0.1, -0.05) is 0 Å². The highest BCUT2D eigenvalue weighted by Gasteiger charge is 2.11. The molecule has 0 aliphatic carbocycles. The van der Waals surface area contributed by atoms with E-state index < -0.39 is 17.5 Å². The molecule has 106 valence electrons. The second kappa shape index (κ2) is 7.96. The van der Waals surface area contributed by atoms with E-state index in [1.54, 1.807) is 0 Å². The van der Waals surface area contributed by atoms with Crippen LogP contribution in [-0.2, 0) is 4.74 Å². The first kappa shape index (κ1) is 15.7. The third-order valence-electron chi connectivity index (χ3n) is 2.20. The molecule has 7 heteroatoms. The highest BCUT2D eigenvalue weighted by Crippen LogP contribution is 2.18. The lowest BCUT2D eigenvalue weighted by Gasteiger charge is -2.11. The number of nitrogens with one attached hydrogen (secondary N) is 2. The van der Waals surface area contributed by atoms with E-state index in [-0.39, 0.29) is 10.8 Å². The zero-order valence-corrected chi connectivity index (χ0v) is 11.3. The molecule has 0 atom stereocenters. The topological polar surface area (TPSA) is 33.3 Å². The predicted octanol–water partition coefficient (Wildman–Crippen LogP) is 2.82. The fourth-order valence-electron chi connectivity index (χ4n) is 1.33. The summed E-state index contributed by atoms with van der Waals surface area (Å²) in [7, 11) is 0. The molecule has 0 aliphatic rings. The minimum atomic E-state index is -1.26. The lowest BCUT2D eigenvalue weighted by molar-refractivity contribution is 0.146. The van der Waals surface area contributed by atoms with Gasteiger partial charge in [0.15, 0.2) is 16.7 Å². The summed E-state index contributed by atoms with van der Waals surface area (Å²) in [6.07, 6.45) is 0.718. The molecule has 0 aliphatic heterocycles. The number of thiocarbonyl (C=S) groups is 1. The molecule has 0 spiro atoms. The van der Waals surface area contributed by atoms with Gasteiger partial charge in [-0.3, -0.25) is 0 Å². The molecule has 0 unspecified atom stereocenters. The van der Waals surface area contributed by atoms with Crippen molar-refractivity contribution in [3.63, 3.8) is 0 Å². The van der Waals surface area contributed by atoms with Crippen LogP contribution in [0.25, 0.3) is 0 Å². The number of ether oxygens (including phenoxy) is 1. The summed E-state index contributed by atoms with van der Waals surface area (Å²) in [5.74, 6) is -3.30. The Labute approximate surface area is 115 Å². The molecule has 0 amide bonds. The normalized spacial score (nSPS) is 10.3. The highest BCUT2D eigenvalue weighted by atomic mass is 32.1. The van der Waals surface area contributed by atoms with Crippen molar-refractivity contribution in [2.45, 2.75) is 13.3 Å². The summed E-state index contributed by atoms with van der Waals surface area (Å²) >= 11 is 4.89. The molecule has 1 aromatic carbocycles. The monoisotopic (exact) mass is 292 g/mol. The number of anilines is 1. The van der Waals surface area contributed by atoms with Crippen LogP contribution in [0.2, 0.25) is 0 Å². The van der Waals surface area contributed by atoms with E-state index in [0.29, 0.717) is 25.8 Å². The molecular weight excluding hydrogens is 277 g/mol. The number of benzene rings is 1. The summed E-state index contributed by atoms with van der Waals surface area (Å²) in [4.78, 5) is 0. The van der Waals surface area contributed by atoms with E-state index in [2.05, 4.69) is 10.6 Å². The summed E-state index contributed by atoms with van der Waals surface area (Å²) < 4.78 is 44.3. The van der Waals surface area contributed by atoms with Crippen LogP contribution >= 0.6 is 12.2 Å². The summed E-state index contributed by atoms with van der Waals surface area (Å²) in [6.45, 7) is 3.62. The number of halogens is 3. The van der Waals surface area contributed by atoms with E-state index in [1.165, 1.54) is 0 Å². The van der Waals surface area contributed by atoms with Gasteiger partial charge in [0.25, 0.3) is 0 Å². The molecule has 0 heterocycles. The standard InChI is InChI=1S/C12H15F3N2OS/c1-2-18-5-3-4-16-12(19)17-10-7-8(13)6-9(14)11(10)15/h6-7H,2-5H2,1H3,(H2,16,17,19). The summed E-state index contributed by atoms with van der Waals surface area (Å²) in [6, 6.07) is 1.31. The van der Waals surface area contributed by atoms with Gasteiger partial charge in [-0.05, 0) is 25.6 Å². The smallest absolute Gasteiger partial charge is 0.182 e. The average molecular weight is 292 g/mol. The van der Waals surface area contributed by atoms with Crippen molar-refractivity contribution >= 4 is 23.0 Å². The minimum absolute atomic E-state index is 0.0976.